The highest BCUT2D eigenvalue weighted by Gasteiger charge is 2.19. The fraction of sp³-hybridized carbons (Fsp3) is 0. The number of para-hydroxylation sites is 6. The zero-order chi connectivity index (χ0) is 33.5. The molecule has 0 N–H and O–H groups in total. The summed E-state index contributed by atoms with van der Waals surface area (Å²) in [4.78, 5) is 0. The number of fused-ring (bicyclic) bond motifs is 9. The van der Waals surface area contributed by atoms with Crippen molar-refractivity contribution in [1.29, 1.82) is 0 Å². The van der Waals surface area contributed by atoms with Gasteiger partial charge in [-0.2, -0.15) is 0 Å². The van der Waals surface area contributed by atoms with Gasteiger partial charge in [0.25, 0.3) is 0 Å². The Kier molecular flexibility index (Phi) is 5.96. The third-order valence-corrected chi connectivity index (χ3v) is 10.6. The van der Waals surface area contributed by atoms with E-state index in [2.05, 4.69) is 202 Å². The van der Waals surface area contributed by atoms with Crippen LogP contribution in [-0.4, -0.2) is 13.7 Å². The number of nitrogens with zero attached hydrogens (tertiary/aromatic N) is 3. The summed E-state index contributed by atoms with van der Waals surface area (Å²) >= 11 is 0. The lowest BCUT2D eigenvalue weighted by Crippen LogP contribution is -1.98. The first-order valence-corrected chi connectivity index (χ1v) is 17.5. The van der Waals surface area contributed by atoms with Gasteiger partial charge in [0.15, 0.2) is 0 Å². The molecule has 3 nitrogen and oxygen atoms in total. The van der Waals surface area contributed by atoms with E-state index in [-0.39, 0.29) is 0 Å². The molecule has 3 heterocycles. The fourth-order valence-electron chi connectivity index (χ4n) is 8.48. The summed E-state index contributed by atoms with van der Waals surface area (Å²) in [5.74, 6) is 0. The number of rotatable bonds is 4. The largest absolute Gasteiger partial charge is 0.309 e. The van der Waals surface area contributed by atoms with Crippen LogP contribution in [0.1, 0.15) is 0 Å². The minimum Gasteiger partial charge on any atom is -0.309 e. The predicted molar refractivity (Wildman–Crippen MR) is 215 cm³/mol. The zero-order valence-corrected chi connectivity index (χ0v) is 27.7. The van der Waals surface area contributed by atoms with Crippen LogP contribution in [0.25, 0.3) is 93.6 Å². The van der Waals surface area contributed by atoms with E-state index in [1.165, 1.54) is 76.5 Å². The molecule has 0 saturated heterocycles. The number of hydrogen-bond donors (Lipinski definition) is 0. The standard InChI is InChI=1S/C48H31N3/c1-2-14-33(15-3-1)51-46-27-11-7-21-40(46)42-23-13-22-36(48(42)51)32-28-29-41-39-20-6-10-26-45(39)50(47(41)30-32)35-17-12-16-34(31-35)49-43-24-8-4-18-37(43)38-19-5-9-25-44(38)49/h1-31H. The lowest BCUT2D eigenvalue weighted by atomic mass is 10.0. The molecule has 3 heteroatoms. The molecule has 0 aliphatic heterocycles. The van der Waals surface area contributed by atoms with E-state index in [4.69, 9.17) is 0 Å². The van der Waals surface area contributed by atoms with Gasteiger partial charge in [-0.25, -0.2) is 0 Å². The van der Waals surface area contributed by atoms with Crippen LogP contribution in [0.4, 0.5) is 0 Å². The Bertz CT molecular complexity index is 3080. The molecule has 8 aromatic carbocycles. The number of benzene rings is 8. The molecule has 0 fully saturated rings. The average Bonchev–Trinajstić information content (AvgIpc) is 3.84. The average molecular weight is 650 g/mol. The van der Waals surface area contributed by atoms with E-state index in [9.17, 15) is 0 Å². The lowest BCUT2D eigenvalue weighted by molar-refractivity contribution is 1.13. The molecule has 11 rings (SSSR count). The third-order valence-electron chi connectivity index (χ3n) is 10.6. The Balaban J connectivity index is 1.18. The van der Waals surface area contributed by atoms with E-state index in [0.717, 1.165) is 17.1 Å². The first-order valence-electron chi connectivity index (χ1n) is 17.5. The predicted octanol–water partition coefficient (Wildman–Crippen LogP) is 12.6. The summed E-state index contributed by atoms with van der Waals surface area (Å²) < 4.78 is 7.27. The highest BCUT2D eigenvalue weighted by atomic mass is 15.0. The monoisotopic (exact) mass is 649 g/mol. The van der Waals surface area contributed by atoms with Crippen LogP contribution in [0.3, 0.4) is 0 Å². The summed E-state index contributed by atoms with van der Waals surface area (Å²) in [5.41, 5.74) is 13.1. The molecule has 11 aromatic rings. The minimum atomic E-state index is 1.13. The van der Waals surface area contributed by atoms with E-state index in [1.807, 2.05) is 0 Å². The van der Waals surface area contributed by atoms with Crippen molar-refractivity contribution in [2.75, 3.05) is 0 Å². The van der Waals surface area contributed by atoms with Crippen molar-refractivity contribution in [1.82, 2.24) is 13.7 Å². The summed E-state index contributed by atoms with van der Waals surface area (Å²) in [6, 6.07) is 68.4. The molecule has 0 aliphatic carbocycles. The van der Waals surface area contributed by atoms with Gasteiger partial charge >= 0.3 is 0 Å². The molecule has 0 atom stereocenters. The molecular weight excluding hydrogens is 619 g/mol. The van der Waals surface area contributed by atoms with Gasteiger partial charge in [0.05, 0.1) is 33.1 Å². The van der Waals surface area contributed by atoms with Crippen molar-refractivity contribution in [2.45, 2.75) is 0 Å². The van der Waals surface area contributed by atoms with Crippen LogP contribution < -0.4 is 0 Å². The number of hydrogen-bond acceptors (Lipinski definition) is 0. The second-order valence-corrected chi connectivity index (χ2v) is 13.4. The van der Waals surface area contributed by atoms with Crippen LogP contribution in [0.2, 0.25) is 0 Å². The van der Waals surface area contributed by atoms with Crippen molar-refractivity contribution < 1.29 is 0 Å². The maximum absolute atomic E-state index is 2.44. The van der Waals surface area contributed by atoms with Gasteiger partial charge in [0.2, 0.25) is 0 Å². The first kappa shape index (κ1) is 28.0. The Labute approximate surface area is 294 Å². The molecule has 238 valence electrons. The van der Waals surface area contributed by atoms with Crippen molar-refractivity contribution in [2.24, 2.45) is 0 Å². The van der Waals surface area contributed by atoms with Crippen molar-refractivity contribution in [3.63, 3.8) is 0 Å². The lowest BCUT2D eigenvalue weighted by Gasteiger charge is -2.14. The molecule has 0 bridgehead atoms. The molecule has 3 aromatic heterocycles. The van der Waals surface area contributed by atoms with Gasteiger partial charge in [0, 0.05) is 54.9 Å². The molecule has 0 radical (unpaired) electrons. The molecule has 0 saturated carbocycles. The summed E-state index contributed by atoms with van der Waals surface area (Å²) in [7, 11) is 0. The van der Waals surface area contributed by atoms with Gasteiger partial charge in [-0.1, -0.05) is 127 Å². The Morgan fingerprint density at radius 3 is 1.29 bits per heavy atom. The smallest absolute Gasteiger partial charge is 0.0619 e. The topological polar surface area (TPSA) is 14.8 Å². The minimum absolute atomic E-state index is 1.13. The van der Waals surface area contributed by atoms with Crippen LogP contribution >= 0.6 is 0 Å². The quantitative estimate of drug-likeness (QED) is 0.180. The molecule has 0 spiro atoms. The van der Waals surface area contributed by atoms with Gasteiger partial charge in [-0.15, -0.1) is 0 Å². The van der Waals surface area contributed by atoms with Gasteiger partial charge in [0.1, 0.15) is 0 Å². The second-order valence-electron chi connectivity index (χ2n) is 13.4. The van der Waals surface area contributed by atoms with Crippen molar-refractivity contribution in [3.05, 3.63) is 188 Å². The molecular formula is C48H31N3. The molecule has 51 heavy (non-hydrogen) atoms. The maximum atomic E-state index is 2.44. The highest BCUT2D eigenvalue weighted by Crippen LogP contribution is 2.41. The summed E-state index contributed by atoms with van der Waals surface area (Å²) in [5, 5.41) is 7.54. The van der Waals surface area contributed by atoms with Gasteiger partial charge in [-0.05, 0) is 66.2 Å². The number of aromatic nitrogens is 3. The summed E-state index contributed by atoms with van der Waals surface area (Å²) in [6.45, 7) is 0. The SMILES string of the molecule is c1ccc(-n2c3ccccc3c3cccc(-c4ccc5c6ccccc6n(-c6cccc(-n7c8ccccc8c8ccccc87)c6)c5c4)c32)cc1. The maximum Gasteiger partial charge on any atom is 0.0619 e. The van der Waals surface area contributed by atoms with Crippen LogP contribution in [0.5, 0.6) is 0 Å². The van der Waals surface area contributed by atoms with E-state index < -0.39 is 0 Å². The second kappa shape index (κ2) is 10.8. The van der Waals surface area contributed by atoms with Crippen molar-refractivity contribution in [3.8, 4) is 28.2 Å². The van der Waals surface area contributed by atoms with Crippen LogP contribution in [0, 0.1) is 0 Å². The Morgan fingerprint density at radius 2 is 0.686 bits per heavy atom. The molecule has 0 amide bonds. The normalized spacial score (nSPS) is 11.9. The summed E-state index contributed by atoms with van der Waals surface area (Å²) in [6.07, 6.45) is 0. The zero-order valence-electron chi connectivity index (χ0n) is 27.7. The van der Waals surface area contributed by atoms with Crippen LogP contribution in [-0.2, 0) is 0 Å². The van der Waals surface area contributed by atoms with E-state index in [1.54, 1.807) is 0 Å². The Hall–Kier alpha value is -6.84. The Morgan fingerprint density at radius 1 is 0.255 bits per heavy atom. The first-order chi connectivity index (χ1) is 25.3. The fourth-order valence-corrected chi connectivity index (χ4v) is 8.48. The highest BCUT2D eigenvalue weighted by molar-refractivity contribution is 6.15. The van der Waals surface area contributed by atoms with E-state index in [0.29, 0.717) is 0 Å². The third kappa shape index (κ3) is 4.06. The molecule has 0 unspecified atom stereocenters. The van der Waals surface area contributed by atoms with Crippen LogP contribution in [0.15, 0.2) is 188 Å². The van der Waals surface area contributed by atoms with Crippen molar-refractivity contribution >= 4 is 65.4 Å². The van der Waals surface area contributed by atoms with E-state index >= 15 is 0 Å². The van der Waals surface area contributed by atoms with Gasteiger partial charge in [-0.3, -0.25) is 0 Å². The molecule has 0 aliphatic rings. The van der Waals surface area contributed by atoms with Gasteiger partial charge < -0.3 is 13.7 Å².